The van der Waals surface area contributed by atoms with Gasteiger partial charge in [-0.05, 0) is 61.5 Å². The summed E-state index contributed by atoms with van der Waals surface area (Å²) in [5.74, 6) is -0.343. The molecule has 3 N–H and O–H groups in total. The van der Waals surface area contributed by atoms with E-state index in [0.717, 1.165) is 0 Å². The van der Waals surface area contributed by atoms with Gasteiger partial charge in [0, 0.05) is 16.8 Å². The van der Waals surface area contributed by atoms with E-state index in [1.807, 2.05) is 0 Å². The highest BCUT2D eigenvalue weighted by Gasteiger charge is 2.18. The molecule has 0 saturated heterocycles. The number of amides is 2. The molecular formula is C23H17Cl2N3O5. The molecule has 2 amide bonds. The molecule has 1 heterocycles. The van der Waals surface area contributed by atoms with E-state index in [9.17, 15) is 9.59 Å². The third-order valence-electron chi connectivity index (χ3n) is 4.74. The molecule has 1 aromatic heterocycles. The summed E-state index contributed by atoms with van der Waals surface area (Å²) in [4.78, 5) is 28.5. The lowest BCUT2D eigenvalue weighted by Gasteiger charge is -2.16. The predicted molar refractivity (Wildman–Crippen MR) is 124 cm³/mol. The lowest BCUT2D eigenvalue weighted by atomic mass is 10.1. The highest BCUT2D eigenvalue weighted by Crippen LogP contribution is 2.32. The second-order valence-corrected chi connectivity index (χ2v) is 7.81. The summed E-state index contributed by atoms with van der Waals surface area (Å²) in [7, 11) is 0. The third kappa shape index (κ3) is 4.93. The van der Waals surface area contributed by atoms with Gasteiger partial charge in [0.15, 0.2) is 11.7 Å². The molecule has 0 saturated carbocycles. The smallest absolute Gasteiger partial charge is 0.274 e. The Labute approximate surface area is 198 Å². The molecule has 4 rings (SSSR count). The Morgan fingerprint density at radius 2 is 1.85 bits per heavy atom. The highest BCUT2D eigenvalue weighted by atomic mass is 35.5. The van der Waals surface area contributed by atoms with Crippen LogP contribution in [0.25, 0.3) is 22.6 Å². The van der Waals surface area contributed by atoms with Crippen LogP contribution in [-0.2, 0) is 4.79 Å². The summed E-state index contributed by atoms with van der Waals surface area (Å²) < 4.78 is 11.4. The van der Waals surface area contributed by atoms with Crippen LogP contribution >= 0.6 is 23.2 Å². The molecule has 0 aliphatic heterocycles. The monoisotopic (exact) mass is 485 g/mol. The minimum absolute atomic E-state index is 0.236. The van der Waals surface area contributed by atoms with Crippen LogP contribution in [0.4, 0.5) is 5.69 Å². The summed E-state index contributed by atoms with van der Waals surface area (Å²) in [5.41, 5.74) is 4.08. The molecule has 8 nitrogen and oxygen atoms in total. The average Bonchev–Trinajstić information content (AvgIpc) is 3.25. The number of benzene rings is 3. The van der Waals surface area contributed by atoms with Gasteiger partial charge in [0.1, 0.15) is 16.3 Å². The van der Waals surface area contributed by atoms with Gasteiger partial charge in [0.25, 0.3) is 11.8 Å². The first-order chi connectivity index (χ1) is 15.9. The van der Waals surface area contributed by atoms with Gasteiger partial charge in [0.2, 0.25) is 5.89 Å². The fourth-order valence-electron chi connectivity index (χ4n) is 3.02. The number of anilines is 1. The SMILES string of the molecule is C[C@H](Oc1cccc(Cl)c1Cl)C(=O)Nc1ccc2oc(-c3ccc(C(=O)NO)cc3)nc2c1. The Bertz CT molecular complexity index is 1340. The van der Waals surface area contributed by atoms with Crippen LogP contribution < -0.4 is 15.5 Å². The molecule has 0 aliphatic rings. The number of hydroxylamine groups is 1. The number of carbonyl (C=O) groups excluding carboxylic acids is 2. The van der Waals surface area contributed by atoms with Crippen LogP contribution in [0.15, 0.2) is 65.1 Å². The van der Waals surface area contributed by atoms with Crippen LogP contribution in [0.1, 0.15) is 17.3 Å². The van der Waals surface area contributed by atoms with E-state index in [1.165, 1.54) is 12.1 Å². The maximum atomic E-state index is 12.6. The zero-order chi connectivity index (χ0) is 23.5. The number of nitrogens with zero attached hydrogens (tertiary/aromatic N) is 1. The number of oxazole rings is 1. The normalized spacial score (nSPS) is 11.8. The van der Waals surface area contributed by atoms with Crippen LogP contribution in [0.5, 0.6) is 5.75 Å². The Morgan fingerprint density at radius 3 is 2.58 bits per heavy atom. The van der Waals surface area contributed by atoms with Gasteiger partial charge in [-0.15, -0.1) is 0 Å². The van der Waals surface area contributed by atoms with Gasteiger partial charge in [-0.1, -0.05) is 29.3 Å². The lowest BCUT2D eigenvalue weighted by Crippen LogP contribution is -2.30. The van der Waals surface area contributed by atoms with Gasteiger partial charge < -0.3 is 14.5 Å². The number of nitrogens with one attached hydrogen (secondary N) is 2. The fourth-order valence-corrected chi connectivity index (χ4v) is 3.36. The minimum atomic E-state index is -0.834. The number of hydrogen-bond acceptors (Lipinski definition) is 6. The molecule has 1 atom stereocenters. The molecule has 0 spiro atoms. The van der Waals surface area contributed by atoms with Crippen molar-refractivity contribution in [1.29, 1.82) is 0 Å². The highest BCUT2D eigenvalue weighted by molar-refractivity contribution is 6.42. The first kappa shape index (κ1) is 22.6. The molecule has 0 radical (unpaired) electrons. The van der Waals surface area contributed by atoms with Crippen molar-refractivity contribution in [2.45, 2.75) is 13.0 Å². The maximum Gasteiger partial charge on any atom is 0.274 e. The zero-order valence-corrected chi connectivity index (χ0v) is 18.6. The number of halogens is 2. The standard InChI is InChI=1S/C23H17Cl2N3O5/c1-12(32-19-4-2-3-16(24)20(19)25)21(29)26-15-9-10-18-17(11-15)27-23(33-18)14-7-5-13(6-8-14)22(30)28-31/h2-12,31H,1H3,(H,26,29)(H,28,30)/t12-/m0/s1. The summed E-state index contributed by atoms with van der Waals surface area (Å²) in [6, 6.07) is 16.4. The average molecular weight is 486 g/mol. The van der Waals surface area contributed by atoms with Crippen molar-refractivity contribution in [2.75, 3.05) is 5.32 Å². The van der Waals surface area contributed by atoms with Gasteiger partial charge in [-0.3, -0.25) is 14.8 Å². The van der Waals surface area contributed by atoms with Crippen molar-refractivity contribution in [1.82, 2.24) is 10.5 Å². The lowest BCUT2D eigenvalue weighted by molar-refractivity contribution is -0.122. The van der Waals surface area contributed by atoms with E-state index in [4.69, 9.17) is 37.6 Å². The Hall–Kier alpha value is -3.59. The molecule has 33 heavy (non-hydrogen) atoms. The van der Waals surface area contributed by atoms with Crippen LogP contribution in [-0.4, -0.2) is 28.1 Å². The van der Waals surface area contributed by atoms with E-state index in [1.54, 1.807) is 60.9 Å². The number of hydrogen-bond donors (Lipinski definition) is 3. The number of ether oxygens (including phenoxy) is 1. The molecule has 4 aromatic rings. The summed E-state index contributed by atoms with van der Waals surface area (Å²) in [5, 5.41) is 12.1. The second-order valence-electron chi connectivity index (χ2n) is 7.02. The Kier molecular flexibility index (Phi) is 6.50. The number of rotatable bonds is 6. The molecule has 0 unspecified atom stereocenters. The van der Waals surface area contributed by atoms with Crippen LogP contribution in [0, 0.1) is 0 Å². The van der Waals surface area contributed by atoms with Crippen LogP contribution in [0.2, 0.25) is 10.0 Å². The molecule has 3 aromatic carbocycles. The molecule has 0 fully saturated rings. The summed E-state index contributed by atoms with van der Waals surface area (Å²) in [6.45, 7) is 1.60. The van der Waals surface area contributed by atoms with Crippen LogP contribution in [0.3, 0.4) is 0 Å². The maximum absolute atomic E-state index is 12.6. The zero-order valence-electron chi connectivity index (χ0n) is 17.1. The molecule has 10 heteroatoms. The first-order valence-electron chi connectivity index (χ1n) is 9.72. The van der Waals surface area contributed by atoms with Crippen molar-refractivity contribution >= 4 is 51.8 Å². The fraction of sp³-hybridized carbons (Fsp3) is 0.0870. The molecule has 0 bridgehead atoms. The van der Waals surface area contributed by atoms with E-state index >= 15 is 0 Å². The summed E-state index contributed by atoms with van der Waals surface area (Å²) in [6.07, 6.45) is -0.834. The Balaban J connectivity index is 1.48. The van der Waals surface area contributed by atoms with E-state index in [-0.39, 0.29) is 16.5 Å². The number of aromatic nitrogens is 1. The van der Waals surface area contributed by atoms with Gasteiger partial charge >= 0.3 is 0 Å². The topological polar surface area (TPSA) is 114 Å². The quantitative estimate of drug-likeness (QED) is 0.251. The number of fused-ring (bicyclic) bond motifs is 1. The molecular weight excluding hydrogens is 469 g/mol. The predicted octanol–water partition coefficient (Wildman–Crippen LogP) is 5.33. The van der Waals surface area contributed by atoms with Crippen molar-refractivity contribution in [3.05, 3.63) is 76.3 Å². The van der Waals surface area contributed by atoms with E-state index in [2.05, 4.69) is 10.3 Å². The van der Waals surface area contributed by atoms with Crippen molar-refractivity contribution in [3.63, 3.8) is 0 Å². The largest absolute Gasteiger partial charge is 0.479 e. The molecule has 0 aliphatic carbocycles. The van der Waals surface area contributed by atoms with Gasteiger partial charge in [0.05, 0.1) is 5.02 Å². The first-order valence-corrected chi connectivity index (χ1v) is 10.5. The number of carbonyl (C=O) groups is 2. The summed E-state index contributed by atoms with van der Waals surface area (Å²) >= 11 is 12.1. The Morgan fingerprint density at radius 1 is 1.09 bits per heavy atom. The molecule has 168 valence electrons. The minimum Gasteiger partial charge on any atom is -0.479 e. The van der Waals surface area contributed by atoms with Gasteiger partial charge in [-0.2, -0.15) is 0 Å². The van der Waals surface area contributed by atoms with E-state index in [0.29, 0.717) is 39.0 Å². The van der Waals surface area contributed by atoms with Crippen molar-refractivity contribution in [3.8, 4) is 17.2 Å². The van der Waals surface area contributed by atoms with E-state index < -0.39 is 12.0 Å². The van der Waals surface area contributed by atoms with Crippen molar-refractivity contribution in [2.24, 2.45) is 0 Å². The third-order valence-corrected chi connectivity index (χ3v) is 5.54. The van der Waals surface area contributed by atoms with Gasteiger partial charge in [-0.25, -0.2) is 10.5 Å². The second kappa shape index (κ2) is 9.50. The van der Waals surface area contributed by atoms with Crippen molar-refractivity contribution < 1.29 is 24.0 Å².